The molecule has 1 fully saturated rings. The Bertz CT molecular complexity index is 916. The predicted octanol–water partition coefficient (Wildman–Crippen LogP) is 4.93. The van der Waals surface area contributed by atoms with Crippen molar-refractivity contribution in [3.8, 4) is 0 Å². The predicted molar refractivity (Wildman–Crippen MR) is 96.2 cm³/mol. The molecule has 0 saturated carbocycles. The minimum absolute atomic E-state index is 0.247. The van der Waals surface area contributed by atoms with Gasteiger partial charge >= 0.3 is 6.18 Å². The Balaban J connectivity index is 1.56. The number of hydrogen-bond acceptors (Lipinski definition) is 4. The van der Waals surface area contributed by atoms with Crippen LogP contribution in [0, 0.1) is 0 Å². The van der Waals surface area contributed by atoms with Crippen LogP contribution in [0.5, 0.6) is 0 Å². The number of anilines is 1. The standard InChI is InChI=1S/C18H17F3N4S/c19-18(20,21)13-4-1-3-12(9-13)10-23-16-17-24-11-14(15-5-2-8-26-15)25(17)7-6-22-16/h1,3-4,6-7,9,11,15H,2,5,8,10H2,(H,22,23)/t15-/m0/s1. The molecule has 0 aliphatic carbocycles. The maximum absolute atomic E-state index is 12.8. The van der Waals surface area contributed by atoms with Crippen molar-refractivity contribution in [2.45, 2.75) is 30.8 Å². The van der Waals surface area contributed by atoms with Gasteiger partial charge in [-0.3, -0.25) is 4.40 Å². The van der Waals surface area contributed by atoms with Crippen LogP contribution in [0.2, 0.25) is 0 Å². The smallest absolute Gasteiger partial charge is 0.363 e. The first-order valence-corrected chi connectivity index (χ1v) is 9.41. The molecule has 1 saturated heterocycles. The van der Waals surface area contributed by atoms with Gasteiger partial charge < -0.3 is 5.32 Å². The Hall–Kier alpha value is -2.22. The topological polar surface area (TPSA) is 42.2 Å². The molecule has 4 rings (SSSR count). The minimum atomic E-state index is -4.34. The Morgan fingerprint density at radius 3 is 2.92 bits per heavy atom. The molecule has 3 aromatic rings. The Labute approximate surface area is 152 Å². The normalized spacial score (nSPS) is 17.7. The van der Waals surface area contributed by atoms with Crippen molar-refractivity contribution in [1.29, 1.82) is 0 Å². The second-order valence-corrected chi connectivity index (χ2v) is 7.52. The molecule has 0 radical (unpaired) electrons. The van der Waals surface area contributed by atoms with E-state index in [0.29, 0.717) is 22.3 Å². The second kappa shape index (κ2) is 6.83. The van der Waals surface area contributed by atoms with Crippen LogP contribution in [0.25, 0.3) is 5.65 Å². The third-order valence-corrected chi connectivity index (χ3v) is 5.83. The summed E-state index contributed by atoms with van der Waals surface area (Å²) in [5.74, 6) is 1.73. The van der Waals surface area contributed by atoms with Crippen LogP contribution in [0.15, 0.2) is 42.9 Å². The molecule has 3 heterocycles. The number of aromatic nitrogens is 3. The van der Waals surface area contributed by atoms with Crippen LogP contribution >= 0.6 is 11.8 Å². The summed E-state index contributed by atoms with van der Waals surface area (Å²) < 4.78 is 40.5. The molecule has 0 amide bonds. The molecule has 8 heteroatoms. The number of thioether (sulfide) groups is 1. The van der Waals surface area contributed by atoms with Crippen molar-refractivity contribution in [2.24, 2.45) is 0 Å². The summed E-state index contributed by atoms with van der Waals surface area (Å²) in [6.07, 6.45) is 3.43. The van der Waals surface area contributed by atoms with E-state index >= 15 is 0 Å². The quantitative estimate of drug-likeness (QED) is 0.699. The second-order valence-electron chi connectivity index (χ2n) is 6.21. The SMILES string of the molecule is FC(F)(F)c1cccc(CNc2nccn3c([C@@H]4CCCS4)cnc23)c1. The first kappa shape index (κ1) is 17.2. The van der Waals surface area contributed by atoms with Crippen LogP contribution in [-0.2, 0) is 12.7 Å². The van der Waals surface area contributed by atoms with Crippen molar-refractivity contribution in [3.63, 3.8) is 0 Å². The van der Waals surface area contributed by atoms with E-state index in [9.17, 15) is 13.2 Å². The maximum atomic E-state index is 12.8. The summed E-state index contributed by atoms with van der Waals surface area (Å²) >= 11 is 1.93. The molecule has 1 N–H and O–H groups in total. The van der Waals surface area contributed by atoms with E-state index in [-0.39, 0.29) is 6.54 Å². The Morgan fingerprint density at radius 1 is 1.27 bits per heavy atom. The lowest BCUT2D eigenvalue weighted by molar-refractivity contribution is -0.137. The number of rotatable bonds is 4. The molecule has 4 nitrogen and oxygen atoms in total. The fourth-order valence-electron chi connectivity index (χ4n) is 3.16. The van der Waals surface area contributed by atoms with Crippen molar-refractivity contribution in [3.05, 3.63) is 59.7 Å². The number of halogens is 3. The van der Waals surface area contributed by atoms with E-state index in [4.69, 9.17) is 0 Å². The number of nitrogens with zero attached hydrogens (tertiary/aromatic N) is 3. The molecule has 0 unspecified atom stereocenters. The van der Waals surface area contributed by atoms with E-state index in [0.717, 1.165) is 30.0 Å². The molecule has 1 aliphatic rings. The van der Waals surface area contributed by atoms with Gasteiger partial charge in [-0.25, -0.2) is 9.97 Å². The van der Waals surface area contributed by atoms with Gasteiger partial charge in [0.1, 0.15) is 0 Å². The highest BCUT2D eigenvalue weighted by Crippen LogP contribution is 2.40. The van der Waals surface area contributed by atoms with Crippen LogP contribution in [-0.4, -0.2) is 20.1 Å². The van der Waals surface area contributed by atoms with E-state index < -0.39 is 11.7 Å². The summed E-state index contributed by atoms with van der Waals surface area (Å²) in [5.41, 5.74) is 1.74. The number of imidazole rings is 1. The number of hydrogen-bond donors (Lipinski definition) is 1. The molecule has 136 valence electrons. The largest absolute Gasteiger partial charge is 0.416 e. The monoisotopic (exact) mass is 378 g/mol. The van der Waals surface area contributed by atoms with Gasteiger partial charge in [0.2, 0.25) is 0 Å². The van der Waals surface area contributed by atoms with Crippen molar-refractivity contribution < 1.29 is 13.2 Å². The van der Waals surface area contributed by atoms with Crippen LogP contribution in [0.3, 0.4) is 0 Å². The molecule has 26 heavy (non-hydrogen) atoms. The lowest BCUT2D eigenvalue weighted by atomic mass is 10.1. The highest BCUT2D eigenvalue weighted by molar-refractivity contribution is 7.99. The Morgan fingerprint density at radius 2 is 2.15 bits per heavy atom. The van der Waals surface area contributed by atoms with Gasteiger partial charge in [0.15, 0.2) is 11.5 Å². The summed E-state index contributed by atoms with van der Waals surface area (Å²) in [6, 6.07) is 5.30. The average molecular weight is 378 g/mol. The molecular weight excluding hydrogens is 361 g/mol. The Kier molecular flexibility index (Phi) is 4.52. The van der Waals surface area contributed by atoms with Crippen LogP contribution in [0.4, 0.5) is 19.0 Å². The number of fused-ring (bicyclic) bond motifs is 1. The van der Waals surface area contributed by atoms with E-state index in [1.54, 1.807) is 12.3 Å². The van der Waals surface area contributed by atoms with E-state index in [1.807, 2.05) is 28.6 Å². The fourth-order valence-corrected chi connectivity index (χ4v) is 4.45. The van der Waals surface area contributed by atoms with Crippen molar-refractivity contribution in [1.82, 2.24) is 14.4 Å². The summed E-state index contributed by atoms with van der Waals surface area (Å²) in [6.45, 7) is 0.247. The number of benzene rings is 1. The molecular formula is C18H17F3N4S. The van der Waals surface area contributed by atoms with Crippen LogP contribution in [0.1, 0.15) is 34.9 Å². The van der Waals surface area contributed by atoms with E-state index in [1.165, 1.54) is 12.5 Å². The van der Waals surface area contributed by atoms with Gasteiger partial charge in [-0.05, 0) is 36.3 Å². The van der Waals surface area contributed by atoms with Crippen molar-refractivity contribution >= 4 is 23.2 Å². The zero-order chi connectivity index (χ0) is 18.1. The third kappa shape index (κ3) is 3.38. The zero-order valence-electron chi connectivity index (χ0n) is 13.8. The van der Waals surface area contributed by atoms with Gasteiger partial charge in [0.05, 0.1) is 17.5 Å². The summed E-state index contributed by atoms with van der Waals surface area (Å²) in [7, 11) is 0. The highest BCUT2D eigenvalue weighted by Gasteiger charge is 2.30. The van der Waals surface area contributed by atoms with Gasteiger partial charge in [0, 0.05) is 24.2 Å². The number of alkyl halides is 3. The van der Waals surface area contributed by atoms with Gasteiger partial charge in [-0.15, -0.1) is 0 Å². The van der Waals surface area contributed by atoms with Gasteiger partial charge in [-0.2, -0.15) is 24.9 Å². The van der Waals surface area contributed by atoms with Crippen LogP contribution < -0.4 is 5.32 Å². The summed E-state index contributed by atoms with van der Waals surface area (Å²) in [5, 5.41) is 3.55. The first-order chi connectivity index (χ1) is 12.5. The fraction of sp³-hybridized carbons (Fsp3) is 0.333. The molecule has 1 aromatic carbocycles. The summed E-state index contributed by atoms with van der Waals surface area (Å²) in [4.78, 5) is 8.79. The van der Waals surface area contributed by atoms with Crippen molar-refractivity contribution in [2.75, 3.05) is 11.1 Å². The zero-order valence-corrected chi connectivity index (χ0v) is 14.6. The lowest BCUT2D eigenvalue weighted by Crippen LogP contribution is -2.08. The minimum Gasteiger partial charge on any atom is -0.363 e. The molecule has 1 aliphatic heterocycles. The lowest BCUT2D eigenvalue weighted by Gasteiger charge is -2.11. The van der Waals surface area contributed by atoms with Gasteiger partial charge in [0.25, 0.3) is 0 Å². The average Bonchev–Trinajstić information content (AvgIpc) is 3.28. The van der Waals surface area contributed by atoms with Gasteiger partial charge in [-0.1, -0.05) is 12.1 Å². The molecule has 0 bridgehead atoms. The first-order valence-electron chi connectivity index (χ1n) is 8.36. The third-order valence-electron chi connectivity index (χ3n) is 4.43. The molecule has 2 aromatic heterocycles. The maximum Gasteiger partial charge on any atom is 0.416 e. The molecule has 0 spiro atoms. The molecule has 1 atom stereocenters. The highest BCUT2D eigenvalue weighted by atomic mass is 32.2. The van der Waals surface area contributed by atoms with E-state index in [2.05, 4.69) is 15.3 Å². The number of nitrogens with one attached hydrogen (secondary N) is 1.